The van der Waals surface area contributed by atoms with Crippen LogP contribution in [0.15, 0.2) is 28.8 Å². The number of hydrogen-bond donors (Lipinski definition) is 2. The third-order valence-corrected chi connectivity index (χ3v) is 2.39. The van der Waals surface area contributed by atoms with Crippen molar-refractivity contribution in [1.29, 1.82) is 0 Å². The molecule has 2 N–H and O–H groups in total. The van der Waals surface area contributed by atoms with E-state index in [0.29, 0.717) is 18.5 Å². The molecule has 6 heteroatoms. The number of nitrogens with zero attached hydrogens (tertiary/aromatic N) is 3. The van der Waals surface area contributed by atoms with Gasteiger partial charge in [-0.2, -0.15) is 0 Å². The van der Waals surface area contributed by atoms with Crippen LogP contribution in [0.2, 0.25) is 0 Å². The minimum Gasteiger partial charge on any atom is -0.406 e. The topological polar surface area (TPSA) is 75.9 Å². The van der Waals surface area contributed by atoms with Gasteiger partial charge >= 0.3 is 6.01 Å². The van der Waals surface area contributed by atoms with Crippen LogP contribution in [-0.2, 0) is 6.54 Å². The fourth-order valence-corrected chi connectivity index (χ4v) is 1.27. The van der Waals surface area contributed by atoms with Gasteiger partial charge in [0, 0.05) is 6.20 Å². The van der Waals surface area contributed by atoms with E-state index in [4.69, 9.17) is 4.42 Å². The molecular weight excluding hydrogens is 218 g/mol. The normalized spacial score (nSPS) is 12.4. The molecule has 0 saturated carbocycles. The second-order valence-corrected chi connectivity index (χ2v) is 3.63. The van der Waals surface area contributed by atoms with E-state index >= 15 is 0 Å². The molecule has 2 heterocycles. The summed E-state index contributed by atoms with van der Waals surface area (Å²) in [5, 5.41) is 13.9. The highest BCUT2D eigenvalue weighted by atomic mass is 16.4. The molecule has 0 aliphatic carbocycles. The van der Waals surface area contributed by atoms with Crippen molar-refractivity contribution in [3.05, 3.63) is 36.0 Å². The third kappa shape index (κ3) is 3.01. The van der Waals surface area contributed by atoms with Crippen LogP contribution in [0.25, 0.3) is 0 Å². The molecule has 0 spiro atoms. The Morgan fingerprint density at radius 2 is 2.24 bits per heavy atom. The van der Waals surface area contributed by atoms with Gasteiger partial charge in [0.15, 0.2) is 0 Å². The number of pyridine rings is 1. The Morgan fingerprint density at radius 3 is 2.94 bits per heavy atom. The Balaban J connectivity index is 1.94. The molecule has 0 fully saturated rings. The summed E-state index contributed by atoms with van der Waals surface area (Å²) in [7, 11) is 1.84. The summed E-state index contributed by atoms with van der Waals surface area (Å²) in [6.07, 6.45) is 1.75. The van der Waals surface area contributed by atoms with Crippen molar-refractivity contribution >= 4 is 6.01 Å². The van der Waals surface area contributed by atoms with Crippen LogP contribution >= 0.6 is 0 Å². The Hall–Kier alpha value is -1.95. The van der Waals surface area contributed by atoms with Crippen LogP contribution < -0.4 is 10.6 Å². The van der Waals surface area contributed by atoms with Gasteiger partial charge in [-0.1, -0.05) is 11.2 Å². The first kappa shape index (κ1) is 11.5. The Kier molecular flexibility index (Phi) is 3.66. The molecule has 90 valence electrons. The second kappa shape index (κ2) is 5.40. The smallest absolute Gasteiger partial charge is 0.315 e. The summed E-state index contributed by atoms with van der Waals surface area (Å²) in [6, 6.07) is 6.20. The monoisotopic (exact) mass is 233 g/mol. The molecule has 6 nitrogen and oxygen atoms in total. The van der Waals surface area contributed by atoms with Crippen LogP contribution in [0.3, 0.4) is 0 Å². The van der Waals surface area contributed by atoms with Gasteiger partial charge in [-0.05, 0) is 26.1 Å². The Morgan fingerprint density at radius 1 is 1.35 bits per heavy atom. The van der Waals surface area contributed by atoms with E-state index in [0.717, 1.165) is 5.69 Å². The van der Waals surface area contributed by atoms with Crippen molar-refractivity contribution in [3.8, 4) is 0 Å². The van der Waals surface area contributed by atoms with E-state index < -0.39 is 0 Å². The molecule has 0 saturated heterocycles. The zero-order chi connectivity index (χ0) is 12.1. The minimum atomic E-state index is 0.0490. The van der Waals surface area contributed by atoms with Crippen LogP contribution in [0, 0.1) is 0 Å². The lowest BCUT2D eigenvalue weighted by molar-refractivity contribution is 0.441. The lowest BCUT2D eigenvalue weighted by atomic mass is 10.3. The maximum atomic E-state index is 5.43. The minimum absolute atomic E-state index is 0.0490. The van der Waals surface area contributed by atoms with Gasteiger partial charge in [0.2, 0.25) is 5.89 Å². The average molecular weight is 233 g/mol. The lowest BCUT2D eigenvalue weighted by Crippen LogP contribution is -2.12. The number of anilines is 1. The standard InChI is InChI=1S/C11H15N5O/c1-8(12-2)10-15-16-11(17-10)14-7-9-5-3-4-6-13-9/h3-6,8,12H,7H2,1-2H3,(H,14,16). The fraction of sp³-hybridized carbons (Fsp3) is 0.364. The zero-order valence-electron chi connectivity index (χ0n) is 9.84. The largest absolute Gasteiger partial charge is 0.406 e. The molecule has 2 rings (SSSR count). The van der Waals surface area contributed by atoms with E-state index in [1.54, 1.807) is 6.20 Å². The van der Waals surface area contributed by atoms with Crippen LogP contribution in [-0.4, -0.2) is 22.2 Å². The van der Waals surface area contributed by atoms with Crippen molar-refractivity contribution in [3.63, 3.8) is 0 Å². The predicted molar refractivity (Wildman–Crippen MR) is 63.3 cm³/mol. The predicted octanol–water partition coefficient (Wildman–Crippen LogP) is 1.36. The second-order valence-electron chi connectivity index (χ2n) is 3.63. The van der Waals surface area contributed by atoms with E-state index in [-0.39, 0.29) is 6.04 Å². The van der Waals surface area contributed by atoms with Crippen LogP contribution in [0.5, 0.6) is 0 Å². The third-order valence-electron chi connectivity index (χ3n) is 2.39. The maximum Gasteiger partial charge on any atom is 0.315 e. The summed E-state index contributed by atoms with van der Waals surface area (Å²) < 4.78 is 5.43. The highest BCUT2D eigenvalue weighted by Crippen LogP contribution is 2.13. The van der Waals surface area contributed by atoms with E-state index in [9.17, 15) is 0 Å². The van der Waals surface area contributed by atoms with Crippen molar-refractivity contribution in [2.24, 2.45) is 0 Å². The number of aromatic nitrogens is 3. The van der Waals surface area contributed by atoms with Gasteiger partial charge in [-0.25, -0.2) is 0 Å². The summed E-state index contributed by atoms with van der Waals surface area (Å²) >= 11 is 0. The van der Waals surface area contributed by atoms with E-state index in [1.165, 1.54) is 0 Å². The van der Waals surface area contributed by atoms with Gasteiger partial charge in [0.05, 0.1) is 18.3 Å². The van der Waals surface area contributed by atoms with Crippen molar-refractivity contribution < 1.29 is 4.42 Å². The van der Waals surface area contributed by atoms with Crippen molar-refractivity contribution in [1.82, 2.24) is 20.5 Å². The molecular formula is C11H15N5O. The summed E-state index contributed by atoms with van der Waals surface area (Å²) in [5.74, 6) is 0.566. The Bertz CT molecular complexity index is 456. The molecule has 17 heavy (non-hydrogen) atoms. The first-order chi connectivity index (χ1) is 8.29. The summed E-state index contributed by atoms with van der Waals surface area (Å²) in [4.78, 5) is 4.19. The van der Waals surface area contributed by atoms with Gasteiger partial charge in [-0.15, -0.1) is 5.10 Å². The summed E-state index contributed by atoms with van der Waals surface area (Å²) in [5.41, 5.74) is 0.925. The van der Waals surface area contributed by atoms with Crippen LogP contribution in [0.4, 0.5) is 6.01 Å². The molecule has 0 aliphatic rings. The average Bonchev–Trinajstić information content (AvgIpc) is 2.85. The Labute approximate surface area is 99.5 Å². The maximum absolute atomic E-state index is 5.43. The van der Waals surface area contributed by atoms with Gasteiger partial charge in [-0.3, -0.25) is 4.98 Å². The van der Waals surface area contributed by atoms with Gasteiger partial charge < -0.3 is 15.1 Å². The summed E-state index contributed by atoms with van der Waals surface area (Å²) in [6.45, 7) is 2.52. The molecule has 0 bridgehead atoms. The number of nitrogens with one attached hydrogen (secondary N) is 2. The zero-order valence-corrected chi connectivity index (χ0v) is 9.84. The van der Waals surface area contributed by atoms with Gasteiger partial charge in [0.25, 0.3) is 0 Å². The number of rotatable bonds is 5. The lowest BCUT2D eigenvalue weighted by Gasteiger charge is -2.03. The molecule has 1 unspecified atom stereocenters. The van der Waals surface area contributed by atoms with E-state index in [1.807, 2.05) is 32.2 Å². The fourth-order valence-electron chi connectivity index (χ4n) is 1.27. The molecule has 0 radical (unpaired) electrons. The SMILES string of the molecule is CNC(C)c1nnc(NCc2ccccn2)o1. The van der Waals surface area contributed by atoms with Crippen LogP contribution in [0.1, 0.15) is 24.6 Å². The van der Waals surface area contributed by atoms with E-state index in [2.05, 4.69) is 25.8 Å². The molecule has 0 aliphatic heterocycles. The first-order valence-corrected chi connectivity index (χ1v) is 5.44. The molecule has 0 amide bonds. The quantitative estimate of drug-likeness (QED) is 0.812. The molecule has 2 aromatic rings. The number of hydrogen-bond acceptors (Lipinski definition) is 6. The van der Waals surface area contributed by atoms with Crippen molar-refractivity contribution in [2.45, 2.75) is 19.5 Å². The molecule has 1 atom stereocenters. The molecule has 0 aromatic carbocycles. The van der Waals surface area contributed by atoms with Crippen molar-refractivity contribution in [2.75, 3.05) is 12.4 Å². The highest BCUT2D eigenvalue weighted by molar-refractivity contribution is 5.20. The highest BCUT2D eigenvalue weighted by Gasteiger charge is 2.11. The first-order valence-electron chi connectivity index (χ1n) is 5.44. The molecule has 2 aromatic heterocycles. The van der Waals surface area contributed by atoms with Gasteiger partial charge in [0.1, 0.15) is 0 Å².